The number of halogens is 1. The number of carbonyl (C=O) groups excluding carboxylic acids is 2. The quantitative estimate of drug-likeness (QED) is 0.258. The molecule has 162 valence electrons. The summed E-state index contributed by atoms with van der Waals surface area (Å²) in [6.45, 7) is 1.49. The van der Waals surface area contributed by atoms with Gasteiger partial charge in [0.2, 0.25) is 0 Å². The fourth-order valence-electron chi connectivity index (χ4n) is 2.84. The highest BCUT2D eigenvalue weighted by Gasteiger charge is 2.14. The number of Topliss-reactive ketones (excluding diaryl/α,β-unsaturated/α-hetero) is 1. The van der Waals surface area contributed by atoms with Crippen LogP contribution in [0, 0.1) is 0 Å². The van der Waals surface area contributed by atoms with Crippen molar-refractivity contribution >= 4 is 68.0 Å². The van der Waals surface area contributed by atoms with Crippen LogP contribution in [-0.4, -0.2) is 27.9 Å². The number of rotatable bonds is 6. The maximum Gasteiger partial charge on any atom is 0.337 e. The third-order valence-corrected chi connectivity index (χ3v) is 5.07. The molecule has 1 amide bonds. The minimum atomic E-state index is -1.15. The molecule has 0 saturated carbocycles. The van der Waals surface area contributed by atoms with Crippen LogP contribution in [-0.2, 0) is 0 Å². The summed E-state index contributed by atoms with van der Waals surface area (Å²) < 4.78 is 0.592. The normalized spacial score (nSPS) is 10.2. The fraction of sp³-hybridized carbons (Fsp3) is 0.0435. The van der Waals surface area contributed by atoms with Crippen LogP contribution >= 0.6 is 28.1 Å². The smallest absolute Gasteiger partial charge is 0.337 e. The molecule has 0 bridgehead atoms. The van der Waals surface area contributed by atoms with Crippen molar-refractivity contribution in [2.75, 3.05) is 16.0 Å². The van der Waals surface area contributed by atoms with Gasteiger partial charge in [0, 0.05) is 27.0 Å². The maximum atomic E-state index is 12.7. The van der Waals surface area contributed by atoms with Gasteiger partial charge >= 0.3 is 5.97 Å². The van der Waals surface area contributed by atoms with Crippen molar-refractivity contribution in [3.63, 3.8) is 0 Å². The first kappa shape index (κ1) is 23.1. The Kier molecular flexibility index (Phi) is 7.34. The molecule has 4 N–H and O–H groups in total. The van der Waals surface area contributed by atoms with Gasteiger partial charge in [-0.2, -0.15) is 0 Å². The molecular formula is C23H18BrN3O4S. The van der Waals surface area contributed by atoms with E-state index in [9.17, 15) is 19.5 Å². The van der Waals surface area contributed by atoms with Crippen molar-refractivity contribution in [3.8, 4) is 0 Å². The Bertz CT molecular complexity index is 1230. The highest BCUT2D eigenvalue weighted by molar-refractivity contribution is 9.10. The van der Waals surface area contributed by atoms with Crippen molar-refractivity contribution in [2.45, 2.75) is 6.92 Å². The van der Waals surface area contributed by atoms with E-state index < -0.39 is 11.9 Å². The highest BCUT2D eigenvalue weighted by atomic mass is 79.9. The lowest BCUT2D eigenvalue weighted by Crippen LogP contribution is -2.20. The first-order valence-electron chi connectivity index (χ1n) is 9.36. The number of aromatic carboxylic acids is 1. The molecule has 32 heavy (non-hydrogen) atoms. The predicted molar refractivity (Wildman–Crippen MR) is 132 cm³/mol. The molecule has 3 rings (SSSR count). The number of ketones is 1. The number of amides is 1. The van der Waals surface area contributed by atoms with Crippen molar-refractivity contribution in [1.82, 2.24) is 0 Å². The van der Waals surface area contributed by atoms with Gasteiger partial charge < -0.3 is 21.1 Å². The molecular weight excluding hydrogens is 494 g/mol. The molecule has 0 radical (unpaired) electrons. The second kappa shape index (κ2) is 10.2. The molecule has 3 aromatic carbocycles. The number of anilines is 3. The number of carboxylic acid groups (broad SMARTS) is 1. The van der Waals surface area contributed by atoms with E-state index in [4.69, 9.17) is 12.2 Å². The molecule has 0 unspecified atom stereocenters. The molecule has 0 aliphatic rings. The van der Waals surface area contributed by atoms with Crippen LogP contribution in [0.15, 0.2) is 71.2 Å². The summed E-state index contributed by atoms with van der Waals surface area (Å²) in [5.74, 6) is -1.67. The molecule has 0 saturated heterocycles. The van der Waals surface area contributed by atoms with E-state index in [1.165, 1.54) is 19.1 Å². The highest BCUT2D eigenvalue weighted by Crippen LogP contribution is 2.22. The number of nitrogens with one attached hydrogen (secondary N) is 3. The van der Waals surface area contributed by atoms with Crippen LogP contribution < -0.4 is 16.0 Å². The number of carbonyl (C=O) groups is 3. The number of benzene rings is 3. The zero-order chi connectivity index (χ0) is 23.3. The van der Waals surface area contributed by atoms with Crippen LogP contribution in [0.25, 0.3) is 0 Å². The number of carboxylic acids is 1. The van der Waals surface area contributed by atoms with Crippen LogP contribution in [0.5, 0.6) is 0 Å². The molecule has 0 atom stereocenters. The van der Waals surface area contributed by atoms with Crippen LogP contribution in [0.4, 0.5) is 17.1 Å². The van der Waals surface area contributed by atoms with E-state index in [0.717, 1.165) is 0 Å². The van der Waals surface area contributed by atoms with E-state index >= 15 is 0 Å². The van der Waals surface area contributed by atoms with E-state index in [1.54, 1.807) is 54.6 Å². The third kappa shape index (κ3) is 5.99. The van der Waals surface area contributed by atoms with Crippen molar-refractivity contribution < 1.29 is 19.5 Å². The third-order valence-electron chi connectivity index (χ3n) is 4.37. The molecule has 0 heterocycles. The summed E-state index contributed by atoms with van der Waals surface area (Å²) in [6, 6.07) is 18.1. The topological polar surface area (TPSA) is 108 Å². The summed E-state index contributed by atoms with van der Waals surface area (Å²) >= 11 is 8.55. The monoisotopic (exact) mass is 511 g/mol. The average Bonchev–Trinajstić information content (AvgIpc) is 2.75. The summed E-state index contributed by atoms with van der Waals surface area (Å²) in [6.07, 6.45) is 0. The van der Waals surface area contributed by atoms with E-state index in [2.05, 4.69) is 31.9 Å². The SMILES string of the molecule is CC(=O)c1cccc(NC(=S)Nc2cccc(C(=O)Nc3ccc(Br)cc3C(=O)O)c2)c1. The van der Waals surface area contributed by atoms with Gasteiger partial charge in [0.25, 0.3) is 5.91 Å². The van der Waals surface area contributed by atoms with E-state index in [1.807, 2.05) is 0 Å². The lowest BCUT2D eigenvalue weighted by atomic mass is 10.1. The van der Waals surface area contributed by atoms with Crippen LogP contribution in [0.2, 0.25) is 0 Å². The zero-order valence-electron chi connectivity index (χ0n) is 16.8. The lowest BCUT2D eigenvalue weighted by molar-refractivity contribution is 0.0697. The molecule has 0 spiro atoms. The predicted octanol–water partition coefficient (Wildman–Crippen LogP) is 5.41. The van der Waals surface area contributed by atoms with Gasteiger partial charge in [0.1, 0.15) is 0 Å². The summed E-state index contributed by atoms with van der Waals surface area (Å²) in [5.41, 5.74) is 2.25. The number of hydrogen-bond donors (Lipinski definition) is 4. The largest absolute Gasteiger partial charge is 0.478 e. The minimum Gasteiger partial charge on any atom is -0.478 e. The summed E-state index contributed by atoms with van der Waals surface area (Å²) in [7, 11) is 0. The Morgan fingerprint density at radius 2 is 1.44 bits per heavy atom. The summed E-state index contributed by atoms with van der Waals surface area (Å²) in [4.78, 5) is 35.7. The van der Waals surface area contributed by atoms with Gasteiger partial charge in [0.15, 0.2) is 10.9 Å². The Labute approximate surface area is 198 Å². The van der Waals surface area contributed by atoms with Crippen LogP contribution in [0.1, 0.15) is 38.0 Å². The molecule has 0 aromatic heterocycles. The Hall–Kier alpha value is -3.56. The fourth-order valence-corrected chi connectivity index (χ4v) is 3.44. The van der Waals surface area contributed by atoms with Gasteiger partial charge in [-0.3, -0.25) is 9.59 Å². The summed E-state index contributed by atoms with van der Waals surface area (Å²) in [5, 5.41) is 18.3. The molecule has 0 aliphatic carbocycles. The van der Waals surface area contributed by atoms with Crippen molar-refractivity contribution in [2.24, 2.45) is 0 Å². The Morgan fingerprint density at radius 3 is 2.03 bits per heavy atom. The first-order chi connectivity index (χ1) is 15.2. The van der Waals surface area contributed by atoms with Gasteiger partial charge in [-0.15, -0.1) is 0 Å². The minimum absolute atomic E-state index is 0.0276. The molecule has 9 heteroatoms. The average molecular weight is 512 g/mol. The number of hydrogen-bond acceptors (Lipinski definition) is 4. The first-order valence-corrected chi connectivity index (χ1v) is 10.6. The molecule has 7 nitrogen and oxygen atoms in total. The van der Waals surface area contributed by atoms with Gasteiger partial charge in [0.05, 0.1) is 11.3 Å². The number of thiocarbonyl (C=S) groups is 1. The second-order valence-corrected chi connectivity index (χ2v) is 8.07. The molecule has 3 aromatic rings. The van der Waals surface area contributed by atoms with Crippen molar-refractivity contribution in [1.29, 1.82) is 0 Å². The van der Waals surface area contributed by atoms with E-state index in [-0.39, 0.29) is 22.1 Å². The van der Waals surface area contributed by atoms with Gasteiger partial charge in [-0.1, -0.05) is 34.1 Å². The Balaban J connectivity index is 1.71. The van der Waals surface area contributed by atoms with Gasteiger partial charge in [-0.25, -0.2) is 4.79 Å². The van der Waals surface area contributed by atoms with Crippen LogP contribution in [0.3, 0.4) is 0 Å². The second-order valence-electron chi connectivity index (χ2n) is 6.75. The van der Waals surface area contributed by atoms with Crippen molar-refractivity contribution in [3.05, 3.63) is 87.9 Å². The maximum absolute atomic E-state index is 12.7. The van der Waals surface area contributed by atoms with Gasteiger partial charge in [-0.05, 0) is 67.7 Å². The Morgan fingerprint density at radius 1 is 0.844 bits per heavy atom. The van der Waals surface area contributed by atoms with E-state index in [0.29, 0.717) is 27.0 Å². The molecule has 0 aliphatic heterocycles. The lowest BCUT2D eigenvalue weighted by Gasteiger charge is -2.13. The zero-order valence-corrected chi connectivity index (χ0v) is 19.2. The standard InChI is InChI=1S/C23H18BrN3O4S/c1-13(28)14-4-2-6-17(10-14)25-23(32)26-18-7-3-5-15(11-18)21(29)27-20-9-8-16(24)12-19(20)22(30)31/h2-12H,1H3,(H,27,29)(H,30,31)(H2,25,26,32). The molecule has 0 fully saturated rings.